The van der Waals surface area contributed by atoms with Gasteiger partial charge in [0.25, 0.3) is 0 Å². The van der Waals surface area contributed by atoms with E-state index >= 15 is 0 Å². The Morgan fingerprint density at radius 1 is 1.26 bits per heavy atom. The van der Waals surface area contributed by atoms with Gasteiger partial charge >= 0.3 is 0 Å². The fourth-order valence-corrected chi connectivity index (χ4v) is 4.20. The van der Waals surface area contributed by atoms with Gasteiger partial charge in [-0.3, -0.25) is 9.69 Å². The second-order valence-corrected chi connectivity index (χ2v) is 8.37. The van der Waals surface area contributed by atoms with E-state index in [4.69, 9.17) is 9.47 Å². The maximum Gasteiger partial charge on any atom is 0.246 e. The van der Waals surface area contributed by atoms with Crippen molar-refractivity contribution in [3.05, 3.63) is 35.4 Å². The zero-order valence-corrected chi connectivity index (χ0v) is 17.0. The number of benzene rings is 1. The van der Waals surface area contributed by atoms with E-state index in [9.17, 15) is 4.79 Å². The van der Waals surface area contributed by atoms with Gasteiger partial charge in [0.1, 0.15) is 6.61 Å². The molecule has 1 aromatic carbocycles. The number of carbonyl (C=O) groups excluding carboxylic acids is 1. The lowest BCUT2D eigenvalue weighted by molar-refractivity contribution is -0.126. The number of nitrogens with one attached hydrogen (secondary N) is 1. The summed E-state index contributed by atoms with van der Waals surface area (Å²) in [4.78, 5) is 14.1. The van der Waals surface area contributed by atoms with E-state index in [0.717, 1.165) is 45.3 Å². The molecular weight excluding hydrogens is 340 g/mol. The molecule has 2 heterocycles. The zero-order valence-electron chi connectivity index (χ0n) is 17.0. The second kappa shape index (κ2) is 9.18. The first-order chi connectivity index (χ1) is 13.0. The highest BCUT2D eigenvalue weighted by molar-refractivity contribution is 5.77. The van der Waals surface area contributed by atoms with E-state index in [2.05, 4.69) is 48.3 Å². The molecule has 1 N–H and O–H groups in total. The summed E-state index contributed by atoms with van der Waals surface area (Å²) in [6.45, 7) is 8.35. The lowest BCUT2D eigenvalue weighted by atomic mass is 9.88. The quantitative estimate of drug-likeness (QED) is 0.797. The standard InChI is InChI=1S/C22H34N2O3/c1-17(2)19-6-4-18(5-7-19)15-24-12-10-22(11-13-24)9-8-20(27-22)14-23-21(25)16-26-3/h4-7,17,20H,8-16H2,1-3H3,(H,23,25). The number of rotatable bonds is 7. The third-order valence-electron chi connectivity index (χ3n) is 5.96. The van der Waals surface area contributed by atoms with Crippen LogP contribution < -0.4 is 5.32 Å². The molecule has 2 saturated heterocycles. The Bertz CT molecular complexity index is 606. The molecule has 2 fully saturated rings. The van der Waals surface area contributed by atoms with Crippen LogP contribution in [0.4, 0.5) is 0 Å². The van der Waals surface area contributed by atoms with E-state index < -0.39 is 0 Å². The van der Waals surface area contributed by atoms with Gasteiger partial charge < -0.3 is 14.8 Å². The highest BCUT2D eigenvalue weighted by Gasteiger charge is 2.42. The van der Waals surface area contributed by atoms with E-state index in [-0.39, 0.29) is 24.2 Å². The molecule has 1 atom stereocenters. The SMILES string of the molecule is COCC(=O)NCC1CCC2(CCN(Cc3ccc(C(C)C)cc3)CC2)O1. The van der Waals surface area contributed by atoms with Crippen LogP contribution in [0.1, 0.15) is 56.6 Å². The lowest BCUT2D eigenvalue weighted by Crippen LogP contribution is -2.45. The molecule has 0 saturated carbocycles. The Morgan fingerprint density at radius 2 is 1.96 bits per heavy atom. The Labute approximate surface area is 163 Å². The van der Waals surface area contributed by atoms with E-state index in [1.165, 1.54) is 18.2 Å². The van der Waals surface area contributed by atoms with Gasteiger partial charge in [0.05, 0.1) is 11.7 Å². The molecule has 5 heteroatoms. The lowest BCUT2D eigenvalue weighted by Gasteiger charge is -2.39. The fraction of sp³-hybridized carbons (Fsp3) is 0.682. The largest absolute Gasteiger partial charge is 0.375 e. The third-order valence-corrected chi connectivity index (χ3v) is 5.96. The predicted octanol–water partition coefficient (Wildman–Crippen LogP) is 3.09. The zero-order chi connectivity index (χ0) is 19.3. The minimum absolute atomic E-state index is 0.0225. The number of piperidine rings is 1. The van der Waals surface area contributed by atoms with Crippen molar-refractivity contribution < 1.29 is 14.3 Å². The summed E-state index contributed by atoms with van der Waals surface area (Å²) in [6.07, 6.45) is 4.44. The number of amides is 1. The normalized spacial score (nSPS) is 22.4. The van der Waals surface area contributed by atoms with Gasteiger partial charge in [-0.15, -0.1) is 0 Å². The van der Waals surface area contributed by atoms with Gasteiger partial charge in [-0.2, -0.15) is 0 Å². The van der Waals surface area contributed by atoms with Crippen LogP contribution in [0.25, 0.3) is 0 Å². The average Bonchev–Trinajstić information content (AvgIpc) is 3.06. The van der Waals surface area contributed by atoms with Gasteiger partial charge in [0, 0.05) is 33.3 Å². The highest BCUT2D eigenvalue weighted by Crippen LogP contribution is 2.39. The Hall–Kier alpha value is -1.43. The highest BCUT2D eigenvalue weighted by atomic mass is 16.5. The van der Waals surface area contributed by atoms with Crippen molar-refractivity contribution in [1.82, 2.24) is 10.2 Å². The van der Waals surface area contributed by atoms with Crippen molar-refractivity contribution >= 4 is 5.91 Å². The summed E-state index contributed by atoms with van der Waals surface area (Å²) in [5.41, 5.74) is 2.81. The molecule has 0 bridgehead atoms. The van der Waals surface area contributed by atoms with Crippen molar-refractivity contribution in [3.63, 3.8) is 0 Å². The monoisotopic (exact) mass is 374 g/mol. The molecule has 2 aliphatic rings. The van der Waals surface area contributed by atoms with Gasteiger partial charge in [0.2, 0.25) is 5.91 Å². The molecule has 27 heavy (non-hydrogen) atoms. The molecule has 0 radical (unpaired) electrons. The van der Waals surface area contributed by atoms with Crippen molar-refractivity contribution in [2.45, 2.75) is 63.7 Å². The van der Waals surface area contributed by atoms with E-state index in [0.29, 0.717) is 12.5 Å². The summed E-state index contributed by atoms with van der Waals surface area (Å²) < 4.78 is 11.2. The number of ether oxygens (including phenoxy) is 2. The van der Waals surface area contributed by atoms with Crippen molar-refractivity contribution in [1.29, 1.82) is 0 Å². The maximum atomic E-state index is 11.5. The van der Waals surface area contributed by atoms with Crippen LogP contribution in [-0.2, 0) is 20.8 Å². The van der Waals surface area contributed by atoms with Crippen LogP contribution in [0.5, 0.6) is 0 Å². The van der Waals surface area contributed by atoms with Crippen LogP contribution in [0.3, 0.4) is 0 Å². The first-order valence-corrected chi connectivity index (χ1v) is 10.2. The number of hydrogen-bond donors (Lipinski definition) is 1. The average molecular weight is 375 g/mol. The Balaban J connectivity index is 1.43. The van der Waals surface area contributed by atoms with E-state index in [1.807, 2.05) is 0 Å². The molecule has 1 amide bonds. The predicted molar refractivity (Wildman–Crippen MR) is 107 cm³/mol. The molecule has 1 unspecified atom stereocenters. The van der Waals surface area contributed by atoms with Crippen molar-refractivity contribution in [3.8, 4) is 0 Å². The molecule has 1 aromatic rings. The number of nitrogens with zero attached hydrogens (tertiary/aromatic N) is 1. The van der Waals surface area contributed by atoms with Crippen LogP contribution in [-0.4, -0.2) is 55.9 Å². The molecule has 5 nitrogen and oxygen atoms in total. The summed E-state index contributed by atoms with van der Waals surface area (Å²) >= 11 is 0. The Morgan fingerprint density at radius 3 is 2.59 bits per heavy atom. The topological polar surface area (TPSA) is 50.8 Å². The molecule has 3 rings (SSSR count). The Kier molecular flexibility index (Phi) is 6.90. The smallest absolute Gasteiger partial charge is 0.246 e. The molecule has 0 aliphatic carbocycles. The van der Waals surface area contributed by atoms with Crippen molar-refractivity contribution in [2.75, 3.05) is 33.4 Å². The summed E-state index contributed by atoms with van der Waals surface area (Å²) in [7, 11) is 1.53. The van der Waals surface area contributed by atoms with Crippen LogP contribution in [0, 0.1) is 0 Å². The second-order valence-electron chi connectivity index (χ2n) is 8.37. The summed E-state index contributed by atoms with van der Waals surface area (Å²) in [6, 6.07) is 9.05. The summed E-state index contributed by atoms with van der Waals surface area (Å²) in [5, 5.41) is 2.90. The molecule has 150 valence electrons. The first kappa shape index (κ1) is 20.3. The van der Waals surface area contributed by atoms with Crippen molar-refractivity contribution in [2.24, 2.45) is 0 Å². The van der Waals surface area contributed by atoms with E-state index in [1.54, 1.807) is 0 Å². The third kappa shape index (κ3) is 5.53. The number of hydrogen-bond acceptors (Lipinski definition) is 4. The fourth-order valence-electron chi connectivity index (χ4n) is 4.20. The first-order valence-electron chi connectivity index (χ1n) is 10.2. The summed E-state index contributed by atoms with van der Waals surface area (Å²) in [5.74, 6) is 0.515. The number of likely N-dealkylation sites (tertiary alicyclic amines) is 1. The minimum Gasteiger partial charge on any atom is -0.375 e. The van der Waals surface area contributed by atoms with Crippen LogP contribution in [0.2, 0.25) is 0 Å². The van der Waals surface area contributed by atoms with Crippen LogP contribution in [0.15, 0.2) is 24.3 Å². The molecule has 1 spiro atoms. The van der Waals surface area contributed by atoms with Gasteiger partial charge in [-0.05, 0) is 42.7 Å². The maximum absolute atomic E-state index is 11.5. The number of methoxy groups -OCH3 is 1. The minimum atomic E-state index is -0.0691. The van der Waals surface area contributed by atoms with Gasteiger partial charge in [-0.25, -0.2) is 0 Å². The molecular formula is C22H34N2O3. The van der Waals surface area contributed by atoms with Gasteiger partial charge in [0.15, 0.2) is 0 Å². The van der Waals surface area contributed by atoms with Gasteiger partial charge in [-0.1, -0.05) is 38.1 Å². The number of carbonyl (C=O) groups is 1. The molecule has 0 aromatic heterocycles. The molecule has 2 aliphatic heterocycles. The van der Waals surface area contributed by atoms with Crippen LogP contribution >= 0.6 is 0 Å².